The number of hydrogen-bond acceptors (Lipinski definition) is 2. The molecule has 0 radical (unpaired) electrons. The standard InChI is InChI=1S/C17H21N3O/c1-12-4-2-3-5-15(12)19-17(21)9-7-13-6-8-14-11-18-20-16(14)10-13/h6-12,15H,2-5H2,1H3,(H,18,20)(H,19,21)/b9-7+/t12-,15-/m0/s1. The van der Waals surface area contributed by atoms with Crippen LogP contribution in [-0.2, 0) is 4.79 Å². The topological polar surface area (TPSA) is 57.8 Å². The quantitative estimate of drug-likeness (QED) is 0.849. The van der Waals surface area contributed by atoms with E-state index in [2.05, 4.69) is 22.4 Å². The van der Waals surface area contributed by atoms with Crippen molar-refractivity contribution in [3.05, 3.63) is 36.0 Å². The molecule has 1 aromatic heterocycles. The maximum atomic E-state index is 12.0. The minimum absolute atomic E-state index is 0.00143. The molecule has 4 heteroatoms. The largest absolute Gasteiger partial charge is 0.350 e. The van der Waals surface area contributed by atoms with Gasteiger partial charge in [0, 0.05) is 17.5 Å². The summed E-state index contributed by atoms with van der Waals surface area (Å²) in [5.74, 6) is 0.580. The Hall–Kier alpha value is -2.10. The van der Waals surface area contributed by atoms with E-state index in [-0.39, 0.29) is 5.91 Å². The summed E-state index contributed by atoms with van der Waals surface area (Å²) in [4.78, 5) is 12.0. The number of amides is 1. The van der Waals surface area contributed by atoms with E-state index in [9.17, 15) is 4.79 Å². The Kier molecular flexibility index (Phi) is 4.04. The van der Waals surface area contributed by atoms with Crippen molar-refractivity contribution in [3.63, 3.8) is 0 Å². The van der Waals surface area contributed by atoms with Gasteiger partial charge >= 0.3 is 0 Å². The van der Waals surface area contributed by atoms with E-state index in [1.165, 1.54) is 19.3 Å². The van der Waals surface area contributed by atoms with Crippen molar-refractivity contribution in [3.8, 4) is 0 Å². The number of rotatable bonds is 3. The van der Waals surface area contributed by atoms with Gasteiger partial charge in [-0.15, -0.1) is 0 Å². The van der Waals surface area contributed by atoms with E-state index in [4.69, 9.17) is 0 Å². The van der Waals surface area contributed by atoms with Gasteiger partial charge in [0.1, 0.15) is 0 Å². The Labute approximate surface area is 124 Å². The summed E-state index contributed by atoms with van der Waals surface area (Å²) in [7, 11) is 0. The third kappa shape index (κ3) is 3.32. The Balaban J connectivity index is 1.63. The second-order valence-corrected chi connectivity index (χ2v) is 5.93. The van der Waals surface area contributed by atoms with E-state index in [1.54, 1.807) is 12.3 Å². The van der Waals surface area contributed by atoms with Crippen LogP contribution in [0.1, 0.15) is 38.2 Å². The van der Waals surface area contributed by atoms with E-state index in [1.807, 2.05) is 24.3 Å². The lowest BCUT2D eigenvalue weighted by molar-refractivity contribution is -0.117. The van der Waals surface area contributed by atoms with Crippen molar-refractivity contribution in [2.75, 3.05) is 0 Å². The number of fused-ring (bicyclic) bond motifs is 1. The minimum atomic E-state index is -0.00143. The van der Waals surface area contributed by atoms with Crippen LogP contribution in [-0.4, -0.2) is 22.1 Å². The van der Waals surface area contributed by atoms with Crippen LogP contribution in [0.3, 0.4) is 0 Å². The van der Waals surface area contributed by atoms with Gasteiger partial charge in [0.25, 0.3) is 0 Å². The van der Waals surface area contributed by atoms with Crippen molar-refractivity contribution in [2.24, 2.45) is 5.92 Å². The minimum Gasteiger partial charge on any atom is -0.350 e. The first kappa shape index (κ1) is 13.9. The maximum absolute atomic E-state index is 12.0. The fourth-order valence-electron chi connectivity index (χ4n) is 2.99. The van der Waals surface area contributed by atoms with Gasteiger partial charge in [-0.3, -0.25) is 9.89 Å². The van der Waals surface area contributed by atoms with Crippen molar-refractivity contribution >= 4 is 22.9 Å². The first-order chi connectivity index (χ1) is 10.2. The van der Waals surface area contributed by atoms with Gasteiger partial charge in [-0.1, -0.05) is 31.9 Å². The molecular formula is C17H21N3O. The van der Waals surface area contributed by atoms with Crippen molar-refractivity contribution in [1.29, 1.82) is 0 Å². The summed E-state index contributed by atoms with van der Waals surface area (Å²) in [5.41, 5.74) is 1.98. The summed E-state index contributed by atoms with van der Waals surface area (Å²) < 4.78 is 0. The highest BCUT2D eigenvalue weighted by Gasteiger charge is 2.21. The number of aromatic nitrogens is 2. The average molecular weight is 283 g/mol. The van der Waals surface area contributed by atoms with E-state index >= 15 is 0 Å². The molecule has 4 nitrogen and oxygen atoms in total. The maximum Gasteiger partial charge on any atom is 0.244 e. The summed E-state index contributed by atoms with van der Waals surface area (Å²) in [6, 6.07) is 6.31. The number of carbonyl (C=O) groups excluding carboxylic acids is 1. The van der Waals surface area contributed by atoms with Gasteiger partial charge in [0.05, 0.1) is 11.7 Å². The van der Waals surface area contributed by atoms with E-state index < -0.39 is 0 Å². The third-order valence-electron chi connectivity index (χ3n) is 4.33. The molecule has 1 aliphatic rings. The van der Waals surface area contributed by atoms with Gasteiger partial charge < -0.3 is 5.32 Å². The highest BCUT2D eigenvalue weighted by atomic mass is 16.1. The predicted molar refractivity (Wildman–Crippen MR) is 84.7 cm³/mol. The van der Waals surface area contributed by atoms with Gasteiger partial charge in [-0.05, 0) is 36.5 Å². The predicted octanol–water partition coefficient (Wildman–Crippen LogP) is 3.27. The smallest absolute Gasteiger partial charge is 0.244 e. The molecule has 0 aliphatic heterocycles. The zero-order valence-corrected chi connectivity index (χ0v) is 12.3. The second-order valence-electron chi connectivity index (χ2n) is 5.93. The second kappa shape index (κ2) is 6.12. The van der Waals surface area contributed by atoms with Crippen LogP contribution < -0.4 is 5.32 Å². The van der Waals surface area contributed by atoms with Crippen molar-refractivity contribution in [2.45, 2.75) is 38.6 Å². The summed E-state index contributed by atoms with van der Waals surface area (Å²) >= 11 is 0. The van der Waals surface area contributed by atoms with Gasteiger partial charge in [0.2, 0.25) is 5.91 Å². The fraction of sp³-hybridized carbons (Fsp3) is 0.412. The molecule has 0 saturated heterocycles. The Bertz CT molecular complexity index is 659. The molecule has 1 amide bonds. The van der Waals surface area contributed by atoms with Crippen LogP contribution in [0.15, 0.2) is 30.5 Å². The van der Waals surface area contributed by atoms with Crippen LogP contribution in [0.25, 0.3) is 17.0 Å². The molecule has 21 heavy (non-hydrogen) atoms. The lowest BCUT2D eigenvalue weighted by Crippen LogP contribution is -2.40. The molecular weight excluding hydrogens is 262 g/mol. The number of carbonyl (C=O) groups is 1. The Morgan fingerprint density at radius 3 is 3.10 bits per heavy atom. The molecule has 0 bridgehead atoms. The van der Waals surface area contributed by atoms with Crippen LogP contribution in [0, 0.1) is 5.92 Å². The monoisotopic (exact) mass is 283 g/mol. The molecule has 0 spiro atoms. The molecule has 110 valence electrons. The normalized spacial score (nSPS) is 22.7. The Morgan fingerprint density at radius 1 is 1.38 bits per heavy atom. The van der Waals surface area contributed by atoms with Crippen LogP contribution >= 0.6 is 0 Å². The SMILES string of the molecule is C[C@H]1CCCC[C@@H]1NC(=O)/C=C/c1ccc2cn[nH]c2c1. The number of H-pyrrole nitrogens is 1. The van der Waals surface area contributed by atoms with Crippen molar-refractivity contribution in [1.82, 2.24) is 15.5 Å². The van der Waals surface area contributed by atoms with Gasteiger partial charge in [-0.25, -0.2) is 0 Å². The van der Waals surface area contributed by atoms with Crippen LogP contribution in [0.4, 0.5) is 0 Å². The van der Waals surface area contributed by atoms with Crippen LogP contribution in [0.2, 0.25) is 0 Å². The summed E-state index contributed by atoms with van der Waals surface area (Å²) in [5, 5.41) is 11.1. The number of nitrogens with zero attached hydrogens (tertiary/aromatic N) is 1. The molecule has 2 N–H and O–H groups in total. The van der Waals surface area contributed by atoms with Crippen molar-refractivity contribution < 1.29 is 4.79 Å². The molecule has 2 aromatic rings. The molecule has 1 fully saturated rings. The first-order valence-electron chi connectivity index (χ1n) is 7.64. The van der Waals surface area contributed by atoms with Gasteiger partial charge in [-0.2, -0.15) is 5.10 Å². The zero-order valence-electron chi connectivity index (χ0n) is 12.3. The third-order valence-corrected chi connectivity index (χ3v) is 4.33. The molecule has 1 saturated carbocycles. The fourth-order valence-corrected chi connectivity index (χ4v) is 2.99. The molecule has 3 rings (SSSR count). The number of aromatic amines is 1. The van der Waals surface area contributed by atoms with E-state index in [0.717, 1.165) is 22.9 Å². The molecule has 1 aliphatic carbocycles. The van der Waals surface area contributed by atoms with E-state index in [0.29, 0.717) is 12.0 Å². The summed E-state index contributed by atoms with van der Waals surface area (Å²) in [6.07, 6.45) is 10.1. The number of nitrogens with one attached hydrogen (secondary N) is 2. The number of benzene rings is 1. The summed E-state index contributed by atoms with van der Waals surface area (Å²) in [6.45, 7) is 2.22. The highest BCUT2D eigenvalue weighted by molar-refractivity contribution is 5.92. The first-order valence-corrected chi connectivity index (χ1v) is 7.64. The lowest BCUT2D eigenvalue weighted by Gasteiger charge is -2.29. The molecule has 1 aromatic carbocycles. The highest BCUT2D eigenvalue weighted by Crippen LogP contribution is 2.23. The zero-order chi connectivity index (χ0) is 14.7. The molecule has 2 atom stereocenters. The average Bonchev–Trinajstić information content (AvgIpc) is 2.95. The number of hydrogen-bond donors (Lipinski definition) is 2. The molecule has 0 unspecified atom stereocenters. The van der Waals surface area contributed by atoms with Crippen LogP contribution in [0.5, 0.6) is 0 Å². The molecule has 1 heterocycles. The van der Waals surface area contributed by atoms with Gasteiger partial charge in [0.15, 0.2) is 0 Å². The lowest BCUT2D eigenvalue weighted by atomic mass is 9.86. The Morgan fingerprint density at radius 2 is 2.24 bits per heavy atom.